The molecule has 1 saturated carbocycles. The molecule has 2 aromatic rings. The highest BCUT2D eigenvalue weighted by Gasteiger charge is 2.91. The Balaban J connectivity index is 1.35. The smallest absolute Gasteiger partial charge is 0.462 e. The molecule has 3 fully saturated rings. The third-order valence-corrected chi connectivity index (χ3v) is 8.32. The molecular weight excluding hydrogens is 532 g/mol. The number of nitrogen functional groups attached to an aromatic ring is 1. The molecule has 5 rings (SSSR count). The largest absolute Gasteiger partial charge is 0.614 e. The third-order valence-electron chi connectivity index (χ3n) is 6.92. The minimum atomic E-state index is -2.70. The van der Waals surface area contributed by atoms with Gasteiger partial charge in [0.05, 0.1) is 18.3 Å². The fraction of sp³-hybridized carbons (Fsp3) is 0.714. The van der Waals surface area contributed by atoms with Crippen LogP contribution in [0.3, 0.4) is 0 Å². The fourth-order valence-corrected chi connectivity index (χ4v) is 6.43. The highest BCUT2D eigenvalue weighted by Crippen LogP contribution is 2.67. The van der Waals surface area contributed by atoms with E-state index in [1.54, 1.807) is 13.8 Å². The maximum absolute atomic E-state index is 15.8. The van der Waals surface area contributed by atoms with Gasteiger partial charge in [0.2, 0.25) is 5.95 Å². The van der Waals surface area contributed by atoms with Crippen molar-refractivity contribution < 1.29 is 32.9 Å². The summed E-state index contributed by atoms with van der Waals surface area (Å²) in [5.74, 6) is -0.431. The van der Waals surface area contributed by atoms with Gasteiger partial charge in [0.15, 0.2) is 46.7 Å². The Morgan fingerprint density at radius 3 is 2.73 bits per heavy atom. The summed E-state index contributed by atoms with van der Waals surface area (Å²) in [5, 5.41) is 13.7. The number of fused-ring (bicyclic) bond motifs is 2. The van der Waals surface area contributed by atoms with Crippen molar-refractivity contribution in [1.82, 2.24) is 24.6 Å². The maximum Gasteiger partial charge on any atom is 0.614 e. The first-order valence-electron chi connectivity index (χ1n) is 12.0. The van der Waals surface area contributed by atoms with Crippen LogP contribution >= 0.6 is 19.8 Å². The number of halogens is 2. The highest BCUT2D eigenvalue weighted by atomic mass is 35.5. The summed E-state index contributed by atoms with van der Waals surface area (Å²) in [6.45, 7) is 6.38. The van der Waals surface area contributed by atoms with Crippen LogP contribution in [0.4, 0.5) is 16.2 Å². The van der Waals surface area contributed by atoms with Crippen LogP contribution < -0.4 is 15.7 Å². The van der Waals surface area contributed by atoms with Crippen molar-refractivity contribution in [2.24, 2.45) is 0 Å². The quantitative estimate of drug-likeness (QED) is 0.230. The number of ether oxygens (including phenoxy) is 2. The van der Waals surface area contributed by atoms with Crippen LogP contribution in [0.1, 0.15) is 39.8 Å². The summed E-state index contributed by atoms with van der Waals surface area (Å²) in [6.07, 6.45) is -1.72. The number of carbonyl (C=O) groups excluding carboxylic acids is 1. The molecule has 2 saturated heterocycles. The van der Waals surface area contributed by atoms with Crippen molar-refractivity contribution in [3.63, 3.8) is 0 Å². The number of nitrogens with two attached hydrogens (primary N) is 1. The van der Waals surface area contributed by atoms with Crippen LogP contribution in [0.15, 0.2) is 6.33 Å². The summed E-state index contributed by atoms with van der Waals surface area (Å²) in [7, 11) is -2.70. The standard InChI is InChI=1S/C21H29ClFN7O6P/c1-10(2)34-17(31)11(3)28-37(33)36-18-20(8-22)21(18,32)13(23)16(35-20)30-9-25-12-14(29-6-4-5-7-29)26-19(24)27-15(12)30/h9-11,13,16,18,32H,4-8H2,1-3H3,(H,28,33)(H2,24,26,27)/q+1/t11-,13-,16+,18?,20+,21+/m0/s1. The zero-order valence-electron chi connectivity index (χ0n) is 20.5. The van der Waals surface area contributed by atoms with Gasteiger partial charge in [0.25, 0.3) is 0 Å². The number of imidazole rings is 1. The van der Waals surface area contributed by atoms with Crippen molar-refractivity contribution in [2.75, 3.05) is 29.6 Å². The molecule has 4 N–H and O–H groups in total. The second-order valence-corrected chi connectivity index (χ2v) is 11.0. The van der Waals surface area contributed by atoms with Crippen LogP contribution in [-0.2, 0) is 23.4 Å². The molecule has 2 aromatic heterocycles. The molecule has 2 aliphatic heterocycles. The number of rotatable bonds is 9. The number of esters is 1. The molecule has 0 amide bonds. The first-order chi connectivity index (χ1) is 17.5. The van der Waals surface area contributed by atoms with Gasteiger partial charge >= 0.3 is 14.1 Å². The molecule has 1 aliphatic carbocycles. The number of anilines is 2. The van der Waals surface area contributed by atoms with Gasteiger partial charge in [-0.25, -0.2) is 9.37 Å². The molecule has 3 aliphatic rings. The molecule has 202 valence electrons. The molecule has 7 atom stereocenters. The summed E-state index contributed by atoms with van der Waals surface area (Å²) in [5.41, 5.74) is 2.75. The van der Waals surface area contributed by atoms with Gasteiger partial charge in [-0.3, -0.25) is 9.36 Å². The lowest BCUT2D eigenvalue weighted by molar-refractivity contribution is -0.149. The lowest BCUT2D eigenvalue weighted by Gasteiger charge is -2.22. The second-order valence-electron chi connectivity index (χ2n) is 9.76. The number of nitrogens with one attached hydrogen (secondary N) is 1. The second kappa shape index (κ2) is 9.51. The van der Waals surface area contributed by atoms with Gasteiger partial charge in [0.1, 0.15) is 6.04 Å². The molecule has 13 nitrogen and oxygen atoms in total. The Kier molecular flexibility index (Phi) is 6.78. The van der Waals surface area contributed by atoms with Crippen molar-refractivity contribution in [3.8, 4) is 0 Å². The molecule has 37 heavy (non-hydrogen) atoms. The zero-order valence-corrected chi connectivity index (χ0v) is 22.2. The van der Waals surface area contributed by atoms with E-state index in [2.05, 4.69) is 20.0 Å². The summed E-state index contributed by atoms with van der Waals surface area (Å²) < 4.78 is 46.1. The Labute approximate surface area is 217 Å². The van der Waals surface area contributed by atoms with Gasteiger partial charge in [-0.2, -0.15) is 9.97 Å². The average Bonchev–Trinajstić information content (AvgIpc) is 3.36. The third kappa shape index (κ3) is 4.14. The summed E-state index contributed by atoms with van der Waals surface area (Å²) in [4.78, 5) is 27.0. The lowest BCUT2D eigenvalue weighted by atomic mass is 10.1. The van der Waals surface area contributed by atoms with E-state index in [1.807, 2.05) is 4.90 Å². The lowest BCUT2D eigenvalue weighted by Crippen LogP contribution is -2.35. The number of hydrogen-bond donors (Lipinski definition) is 3. The van der Waals surface area contributed by atoms with Gasteiger partial charge < -0.3 is 25.2 Å². The minimum absolute atomic E-state index is 0.00474. The number of aromatic nitrogens is 4. The zero-order chi connectivity index (χ0) is 26.7. The predicted octanol–water partition coefficient (Wildman–Crippen LogP) is 1.57. The predicted molar refractivity (Wildman–Crippen MR) is 131 cm³/mol. The Morgan fingerprint density at radius 2 is 2.11 bits per heavy atom. The van der Waals surface area contributed by atoms with E-state index in [0.29, 0.717) is 11.3 Å². The minimum Gasteiger partial charge on any atom is -0.462 e. The van der Waals surface area contributed by atoms with Gasteiger partial charge in [-0.15, -0.1) is 16.1 Å². The molecule has 0 bridgehead atoms. The van der Waals surface area contributed by atoms with Crippen molar-refractivity contribution in [1.29, 1.82) is 0 Å². The Morgan fingerprint density at radius 1 is 1.41 bits per heavy atom. The number of carbonyl (C=O) groups is 1. The SMILES string of the molecule is CC(C)OC(=O)[C@H](C)N[P+](=O)OC1[C@@]2(CCl)O[C@@H](n3cnc4c(N5CCCC5)nc(N)nc43)[C@H](F)[C@@]12O. The molecular formula is C21H29ClFN7O6P+. The van der Waals surface area contributed by atoms with Gasteiger partial charge in [-0.1, -0.05) is 5.09 Å². The summed E-state index contributed by atoms with van der Waals surface area (Å²) >= 11 is 6.12. The van der Waals surface area contributed by atoms with E-state index in [4.69, 9.17) is 31.3 Å². The molecule has 2 unspecified atom stereocenters. The normalized spacial score (nSPS) is 32.1. The molecule has 0 spiro atoms. The average molecular weight is 561 g/mol. The van der Waals surface area contributed by atoms with E-state index in [1.165, 1.54) is 17.8 Å². The Hall–Kier alpha value is -2.22. The van der Waals surface area contributed by atoms with Crippen LogP contribution in [0.25, 0.3) is 11.2 Å². The first-order valence-corrected chi connectivity index (χ1v) is 13.7. The van der Waals surface area contributed by atoms with Crippen LogP contribution in [0.2, 0.25) is 0 Å². The number of aliphatic hydroxyl groups is 1. The van der Waals surface area contributed by atoms with E-state index < -0.39 is 49.9 Å². The molecule has 4 heterocycles. The van der Waals surface area contributed by atoms with E-state index in [-0.39, 0.29) is 23.6 Å². The maximum atomic E-state index is 15.8. The topological polar surface area (TPSA) is 167 Å². The molecule has 0 radical (unpaired) electrons. The highest BCUT2D eigenvalue weighted by molar-refractivity contribution is 7.36. The summed E-state index contributed by atoms with van der Waals surface area (Å²) in [6, 6.07) is -0.965. The molecule has 0 aromatic carbocycles. The van der Waals surface area contributed by atoms with Gasteiger partial charge in [0, 0.05) is 13.1 Å². The van der Waals surface area contributed by atoms with E-state index in [0.717, 1.165) is 25.9 Å². The van der Waals surface area contributed by atoms with Crippen molar-refractivity contribution in [3.05, 3.63) is 6.33 Å². The van der Waals surface area contributed by atoms with Crippen molar-refractivity contribution >= 4 is 48.7 Å². The van der Waals surface area contributed by atoms with E-state index in [9.17, 15) is 14.5 Å². The van der Waals surface area contributed by atoms with Crippen molar-refractivity contribution in [2.45, 2.75) is 75.5 Å². The number of nitrogens with zero attached hydrogens (tertiary/aromatic N) is 5. The fourth-order valence-electron chi connectivity index (χ4n) is 5.00. The van der Waals surface area contributed by atoms with Crippen LogP contribution in [-0.4, -0.2) is 85.2 Å². The van der Waals surface area contributed by atoms with E-state index >= 15 is 4.39 Å². The van der Waals surface area contributed by atoms with Crippen LogP contribution in [0.5, 0.6) is 0 Å². The number of hydrogen-bond acceptors (Lipinski definition) is 11. The number of alkyl halides is 2. The van der Waals surface area contributed by atoms with Crippen LogP contribution in [0, 0.1) is 0 Å². The monoisotopic (exact) mass is 560 g/mol. The first kappa shape index (κ1) is 26.4. The van der Waals surface area contributed by atoms with Gasteiger partial charge in [-0.05, 0) is 38.2 Å². The Bertz CT molecular complexity index is 1230. The molecule has 16 heteroatoms.